The second-order valence-electron chi connectivity index (χ2n) is 2.66. The maximum Gasteiger partial charge on any atom is 0.108 e. The number of rotatable bonds is 2. The average Bonchev–Trinajstić information content (AvgIpc) is 2.25. The van der Waals surface area contributed by atoms with E-state index in [1.807, 2.05) is 31.2 Å². The van der Waals surface area contributed by atoms with Crippen LogP contribution >= 0.6 is 0 Å². The zero-order valence-corrected chi connectivity index (χ0v) is 8.21. The van der Waals surface area contributed by atoms with Crippen LogP contribution in [0.15, 0.2) is 24.3 Å². The highest BCUT2D eigenvalue weighted by atomic mass is 16.5. The van der Waals surface area contributed by atoms with Crippen molar-refractivity contribution in [2.45, 2.75) is 6.92 Å². The topological polar surface area (TPSA) is 9.23 Å². The van der Waals surface area contributed by atoms with Crippen LogP contribution in [0, 0.1) is 24.2 Å². The smallest absolute Gasteiger partial charge is 0.108 e. The summed E-state index contributed by atoms with van der Waals surface area (Å²) >= 11 is 0. The predicted octanol–water partition coefficient (Wildman–Crippen LogP) is 2.06. The van der Waals surface area contributed by atoms with Gasteiger partial charge in [0.1, 0.15) is 6.61 Å². The van der Waals surface area contributed by atoms with Gasteiger partial charge >= 0.3 is 0 Å². The molecule has 0 fully saturated rings. The molecule has 1 nitrogen and oxygen atoms in total. The summed E-state index contributed by atoms with van der Waals surface area (Å²) in [7, 11) is 0. The molecule has 0 aliphatic heterocycles. The highest BCUT2D eigenvalue weighted by Crippen LogP contribution is 2.00. The molecule has 0 unspecified atom stereocenters. The minimum atomic E-state index is 0.480. The Balaban J connectivity index is 2.59. The maximum absolute atomic E-state index is 5.23. The largest absolute Gasteiger partial charge is 0.369 e. The van der Waals surface area contributed by atoms with E-state index in [2.05, 4.69) is 17.8 Å². The molecule has 1 heteroatoms. The third-order valence-corrected chi connectivity index (χ3v) is 1.66. The SMILES string of the molecule is C#Cc1ccc(C#CCOCC)cc1. The van der Waals surface area contributed by atoms with Gasteiger partial charge in [-0.15, -0.1) is 6.42 Å². The Labute approximate surface area is 85.1 Å². The van der Waals surface area contributed by atoms with E-state index in [4.69, 9.17) is 11.2 Å². The summed E-state index contributed by atoms with van der Waals surface area (Å²) < 4.78 is 5.09. The van der Waals surface area contributed by atoms with Crippen molar-refractivity contribution in [1.29, 1.82) is 0 Å². The Hall–Kier alpha value is -1.70. The Morgan fingerprint density at radius 1 is 1.21 bits per heavy atom. The van der Waals surface area contributed by atoms with E-state index in [0.29, 0.717) is 13.2 Å². The van der Waals surface area contributed by atoms with Gasteiger partial charge in [0.2, 0.25) is 0 Å². The lowest BCUT2D eigenvalue weighted by Gasteiger charge is -1.92. The van der Waals surface area contributed by atoms with Crippen molar-refractivity contribution in [2.24, 2.45) is 0 Å². The van der Waals surface area contributed by atoms with Gasteiger partial charge < -0.3 is 4.74 Å². The molecule has 0 saturated carbocycles. The first kappa shape index (κ1) is 10.4. The summed E-state index contributed by atoms with van der Waals surface area (Å²) in [5.41, 5.74) is 1.84. The van der Waals surface area contributed by atoms with Crippen molar-refractivity contribution in [1.82, 2.24) is 0 Å². The van der Waals surface area contributed by atoms with Crippen LogP contribution in [-0.2, 0) is 4.74 Å². The first-order valence-electron chi connectivity index (χ1n) is 4.50. The van der Waals surface area contributed by atoms with E-state index in [1.54, 1.807) is 0 Å². The Kier molecular flexibility index (Phi) is 4.35. The molecule has 0 spiro atoms. The second kappa shape index (κ2) is 5.86. The lowest BCUT2D eigenvalue weighted by molar-refractivity contribution is 0.182. The van der Waals surface area contributed by atoms with Crippen molar-refractivity contribution in [3.63, 3.8) is 0 Å². The number of benzene rings is 1. The van der Waals surface area contributed by atoms with E-state index >= 15 is 0 Å². The standard InChI is InChI=1S/C13H12O/c1-3-12-7-9-13(10-8-12)6-5-11-14-4-2/h1,7-10H,4,11H2,2H3. The van der Waals surface area contributed by atoms with Gasteiger partial charge in [0, 0.05) is 17.7 Å². The monoisotopic (exact) mass is 184 g/mol. The van der Waals surface area contributed by atoms with Gasteiger partial charge in [0.15, 0.2) is 0 Å². The summed E-state index contributed by atoms with van der Waals surface area (Å²) in [5.74, 6) is 8.46. The van der Waals surface area contributed by atoms with Crippen molar-refractivity contribution < 1.29 is 4.74 Å². The zero-order valence-electron chi connectivity index (χ0n) is 8.21. The fourth-order valence-electron chi connectivity index (χ4n) is 0.941. The number of terminal acetylenes is 1. The first-order valence-corrected chi connectivity index (χ1v) is 4.50. The van der Waals surface area contributed by atoms with Gasteiger partial charge in [-0.05, 0) is 31.2 Å². The zero-order chi connectivity index (χ0) is 10.2. The molecule has 0 aliphatic rings. The van der Waals surface area contributed by atoms with Gasteiger partial charge in [-0.3, -0.25) is 0 Å². The van der Waals surface area contributed by atoms with Crippen LogP contribution in [0.2, 0.25) is 0 Å². The highest BCUT2D eigenvalue weighted by Gasteiger charge is 1.86. The van der Waals surface area contributed by atoms with Crippen molar-refractivity contribution in [3.8, 4) is 24.2 Å². The van der Waals surface area contributed by atoms with Crippen LogP contribution in [0.4, 0.5) is 0 Å². The molecule has 0 N–H and O–H groups in total. The summed E-state index contributed by atoms with van der Waals surface area (Å²) in [4.78, 5) is 0. The molecule has 0 aromatic heterocycles. The third-order valence-electron chi connectivity index (χ3n) is 1.66. The van der Waals surface area contributed by atoms with Crippen molar-refractivity contribution in [3.05, 3.63) is 35.4 Å². The van der Waals surface area contributed by atoms with E-state index in [-0.39, 0.29) is 0 Å². The van der Waals surface area contributed by atoms with Gasteiger partial charge in [0.05, 0.1) is 0 Å². The molecule has 70 valence electrons. The van der Waals surface area contributed by atoms with Crippen molar-refractivity contribution in [2.75, 3.05) is 13.2 Å². The van der Waals surface area contributed by atoms with Gasteiger partial charge in [0.25, 0.3) is 0 Å². The highest BCUT2D eigenvalue weighted by molar-refractivity contribution is 5.40. The maximum atomic E-state index is 5.23. The summed E-state index contributed by atoms with van der Waals surface area (Å²) in [6, 6.07) is 7.58. The lowest BCUT2D eigenvalue weighted by atomic mass is 10.1. The van der Waals surface area contributed by atoms with Crippen LogP contribution in [0.1, 0.15) is 18.1 Å². The van der Waals surface area contributed by atoms with Gasteiger partial charge in [-0.2, -0.15) is 0 Å². The number of ether oxygens (including phenoxy) is 1. The van der Waals surface area contributed by atoms with Crippen LogP contribution in [0.3, 0.4) is 0 Å². The fraction of sp³-hybridized carbons (Fsp3) is 0.231. The molecule has 14 heavy (non-hydrogen) atoms. The molecule has 0 saturated heterocycles. The molecular weight excluding hydrogens is 172 g/mol. The number of hydrogen-bond acceptors (Lipinski definition) is 1. The van der Waals surface area contributed by atoms with Crippen LogP contribution in [0.5, 0.6) is 0 Å². The van der Waals surface area contributed by atoms with E-state index in [9.17, 15) is 0 Å². The normalized spacial score (nSPS) is 8.57. The minimum Gasteiger partial charge on any atom is -0.369 e. The first-order chi connectivity index (χ1) is 6.86. The van der Waals surface area contributed by atoms with Gasteiger partial charge in [-0.25, -0.2) is 0 Å². The number of hydrogen-bond donors (Lipinski definition) is 0. The average molecular weight is 184 g/mol. The molecule has 0 aliphatic carbocycles. The molecule has 1 aromatic rings. The molecule has 0 atom stereocenters. The lowest BCUT2D eigenvalue weighted by Crippen LogP contribution is -1.88. The molecule has 0 radical (unpaired) electrons. The molecule has 1 aromatic carbocycles. The van der Waals surface area contributed by atoms with Crippen LogP contribution in [0.25, 0.3) is 0 Å². The summed E-state index contributed by atoms with van der Waals surface area (Å²) in [5, 5.41) is 0. The van der Waals surface area contributed by atoms with Crippen LogP contribution in [-0.4, -0.2) is 13.2 Å². The molecule has 0 heterocycles. The van der Waals surface area contributed by atoms with E-state index in [1.165, 1.54) is 0 Å². The molecular formula is C13H12O. The Morgan fingerprint density at radius 3 is 2.43 bits per heavy atom. The van der Waals surface area contributed by atoms with E-state index in [0.717, 1.165) is 11.1 Å². The third kappa shape index (κ3) is 3.35. The Bertz CT molecular complexity index is 370. The fourth-order valence-corrected chi connectivity index (χ4v) is 0.941. The predicted molar refractivity (Wildman–Crippen MR) is 57.7 cm³/mol. The second-order valence-corrected chi connectivity index (χ2v) is 2.66. The molecule has 1 rings (SSSR count). The molecule has 0 amide bonds. The van der Waals surface area contributed by atoms with Crippen molar-refractivity contribution >= 4 is 0 Å². The van der Waals surface area contributed by atoms with Crippen LogP contribution < -0.4 is 0 Å². The summed E-state index contributed by atoms with van der Waals surface area (Å²) in [6.07, 6.45) is 5.23. The Morgan fingerprint density at radius 2 is 1.86 bits per heavy atom. The summed E-state index contributed by atoms with van der Waals surface area (Å²) in [6.45, 7) is 3.13. The van der Waals surface area contributed by atoms with Gasteiger partial charge in [-0.1, -0.05) is 17.8 Å². The molecule has 0 bridgehead atoms. The minimum absolute atomic E-state index is 0.480. The van der Waals surface area contributed by atoms with E-state index < -0.39 is 0 Å². The quantitative estimate of drug-likeness (QED) is 0.505.